The number of amides is 2. The number of rotatable bonds is 10. The molecule has 0 saturated heterocycles. The van der Waals surface area contributed by atoms with Crippen LogP contribution in [0, 0.1) is 0 Å². The number of carbonyl (C=O) groups is 2. The lowest BCUT2D eigenvalue weighted by molar-refractivity contribution is -0.142. The minimum atomic E-state index is -0.652. The molecule has 33 heavy (non-hydrogen) atoms. The summed E-state index contributed by atoms with van der Waals surface area (Å²) in [5.41, 5.74) is 0.196. The molecule has 0 aliphatic carbocycles. The van der Waals surface area contributed by atoms with E-state index in [1.807, 2.05) is 27.7 Å². The Morgan fingerprint density at radius 1 is 1.03 bits per heavy atom. The van der Waals surface area contributed by atoms with E-state index in [9.17, 15) is 9.59 Å². The van der Waals surface area contributed by atoms with Crippen LogP contribution in [-0.2, 0) is 16.1 Å². The largest absolute Gasteiger partial charge is 0.494 e. The van der Waals surface area contributed by atoms with Crippen molar-refractivity contribution in [2.75, 3.05) is 6.61 Å². The molecule has 0 aliphatic heterocycles. The summed E-state index contributed by atoms with van der Waals surface area (Å²) in [5.74, 6) is 0.308. The molecule has 2 amide bonds. The van der Waals surface area contributed by atoms with Gasteiger partial charge in [0, 0.05) is 39.1 Å². The molecule has 2 aromatic rings. The van der Waals surface area contributed by atoms with Gasteiger partial charge < -0.3 is 15.0 Å². The van der Waals surface area contributed by atoms with Gasteiger partial charge in [0.15, 0.2) is 0 Å². The standard InChI is InChI=1S/C25H31Cl3N2O3/c1-5-22(24(32)29-25(2,3)4)30(16-19-20(27)8-6-9-21(19)28)23(31)10-7-15-33-18-13-11-17(26)12-14-18/h6,8-9,11-14,22H,5,7,10,15-16H2,1-4H3,(H,29,32)/t22-/m0/s1. The molecule has 2 aromatic carbocycles. The van der Waals surface area contributed by atoms with Crippen molar-refractivity contribution in [3.05, 3.63) is 63.1 Å². The second kappa shape index (κ2) is 12.5. The highest BCUT2D eigenvalue weighted by atomic mass is 35.5. The van der Waals surface area contributed by atoms with E-state index < -0.39 is 11.6 Å². The number of halogens is 3. The van der Waals surface area contributed by atoms with Gasteiger partial charge in [-0.3, -0.25) is 9.59 Å². The predicted molar refractivity (Wildman–Crippen MR) is 135 cm³/mol. The molecule has 0 fully saturated rings. The number of hydrogen-bond donors (Lipinski definition) is 1. The normalized spacial score (nSPS) is 12.2. The maximum atomic E-state index is 13.3. The number of ether oxygens (including phenoxy) is 1. The average Bonchev–Trinajstić information content (AvgIpc) is 2.73. The van der Waals surface area contributed by atoms with Crippen LogP contribution in [0.25, 0.3) is 0 Å². The summed E-state index contributed by atoms with van der Waals surface area (Å²) < 4.78 is 5.70. The summed E-state index contributed by atoms with van der Waals surface area (Å²) in [6.45, 7) is 8.10. The average molecular weight is 514 g/mol. The molecule has 0 aliphatic rings. The third kappa shape index (κ3) is 8.73. The van der Waals surface area contributed by atoms with Gasteiger partial charge in [-0.1, -0.05) is 47.8 Å². The Labute approximate surface area is 211 Å². The molecule has 0 saturated carbocycles. The van der Waals surface area contributed by atoms with E-state index in [0.29, 0.717) is 45.8 Å². The van der Waals surface area contributed by atoms with Gasteiger partial charge in [0.05, 0.1) is 6.61 Å². The molecule has 0 spiro atoms. The number of nitrogens with zero attached hydrogens (tertiary/aromatic N) is 1. The predicted octanol–water partition coefficient (Wildman–Crippen LogP) is 6.53. The SMILES string of the molecule is CC[C@@H](C(=O)NC(C)(C)C)N(Cc1c(Cl)cccc1Cl)C(=O)CCCOc1ccc(Cl)cc1. The Kier molecular flexibility index (Phi) is 10.3. The van der Waals surface area contributed by atoms with E-state index in [4.69, 9.17) is 39.5 Å². The molecule has 2 rings (SSSR count). The molecule has 1 atom stereocenters. The molecule has 0 aromatic heterocycles. The van der Waals surface area contributed by atoms with Crippen molar-refractivity contribution in [1.82, 2.24) is 10.2 Å². The van der Waals surface area contributed by atoms with Crippen LogP contribution in [0.3, 0.4) is 0 Å². The van der Waals surface area contributed by atoms with Gasteiger partial charge in [0.2, 0.25) is 11.8 Å². The summed E-state index contributed by atoms with van der Waals surface area (Å²) in [5, 5.41) is 4.52. The zero-order valence-corrected chi connectivity index (χ0v) is 21.7. The molecule has 8 heteroatoms. The zero-order valence-electron chi connectivity index (χ0n) is 19.5. The van der Waals surface area contributed by atoms with Crippen LogP contribution < -0.4 is 10.1 Å². The summed E-state index contributed by atoms with van der Waals surface area (Å²) in [6, 6.07) is 11.6. The van der Waals surface area contributed by atoms with Gasteiger partial charge in [0.25, 0.3) is 0 Å². The van der Waals surface area contributed by atoms with Crippen LogP contribution in [-0.4, -0.2) is 34.9 Å². The maximum Gasteiger partial charge on any atom is 0.243 e. The van der Waals surface area contributed by atoms with E-state index in [1.165, 1.54) is 0 Å². The van der Waals surface area contributed by atoms with Crippen LogP contribution in [0.2, 0.25) is 15.1 Å². The first-order valence-electron chi connectivity index (χ1n) is 10.9. The van der Waals surface area contributed by atoms with Crippen molar-refractivity contribution in [1.29, 1.82) is 0 Å². The topological polar surface area (TPSA) is 58.6 Å². The lowest BCUT2D eigenvalue weighted by atomic mass is 10.0. The van der Waals surface area contributed by atoms with E-state index in [0.717, 1.165) is 0 Å². The molecule has 1 N–H and O–H groups in total. The summed E-state index contributed by atoms with van der Waals surface area (Å²) in [6.07, 6.45) is 1.16. The van der Waals surface area contributed by atoms with E-state index >= 15 is 0 Å². The van der Waals surface area contributed by atoms with E-state index in [2.05, 4.69) is 5.32 Å². The fourth-order valence-electron chi connectivity index (χ4n) is 3.31. The van der Waals surface area contributed by atoms with Crippen molar-refractivity contribution < 1.29 is 14.3 Å². The van der Waals surface area contributed by atoms with Crippen molar-refractivity contribution in [2.24, 2.45) is 0 Å². The first kappa shape index (κ1) is 27.3. The Balaban J connectivity index is 2.14. The second-order valence-corrected chi connectivity index (χ2v) is 10.0. The van der Waals surface area contributed by atoms with Crippen LogP contribution in [0.1, 0.15) is 52.5 Å². The highest BCUT2D eigenvalue weighted by Crippen LogP contribution is 2.27. The molecule has 5 nitrogen and oxygen atoms in total. The van der Waals surface area contributed by atoms with Gasteiger partial charge in [-0.05, 0) is 70.0 Å². The molecular weight excluding hydrogens is 483 g/mol. The van der Waals surface area contributed by atoms with Crippen LogP contribution in [0.4, 0.5) is 0 Å². The number of benzene rings is 2. The van der Waals surface area contributed by atoms with Crippen molar-refractivity contribution in [3.8, 4) is 5.75 Å². The van der Waals surface area contributed by atoms with Crippen LogP contribution >= 0.6 is 34.8 Å². The molecule has 180 valence electrons. The lowest BCUT2D eigenvalue weighted by Crippen LogP contribution is -2.53. The molecular formula is C25H31Cl3N2O3. The van der Waals surface area contributed by atoms with Crippen molar-refractivity contribution in [3.63, 3.8) is 0 Å². The smallest absolute Gasteiger partial charge is 0.243 e. The summed E-state index contributed by atoms with van der Waals surface area (Å²) in [7, 11) is 0. The van der Waals surface area contributed by atoms with Crippen LogP contribution in [0.5, 0.6) is 5.75 Å². The van der Waals surface area contributed by atoms with Gasteiger partial charge in [0.1, 0.15) is 11.8 Å². The quantitative estimate of drug-likeness (QED) is 0.368. The molecule has 0 heterocycles. The lowest BCUT2D eigenvalue weighted by Gasteiger charge is -2.33. The van der Waals surface area contributed by atoms with Crippen molar-refractivity contribution in [2.45, 2.75) is 65.1 Å². The highest BCUT2D eigenvalue weighted by Gasteiger charge is 2.31. The Morgan fingerprint density at radius 2 is 1.64 bits per heavy atom. The molecule has 0 radical (unpaired) electrons. The first-order chi connectivity index (χ1) is 15.5. The Bertz CT molecular complexity index is 923. The molecule has 0 bridgehead atoms. The third-order valence-electron chi connectivity index (χ3n) is 4.89. The number of nitrogens with one attached hydrogen (secondary N) is 1. The van der Waals surface area contributed by atoms with Gasteiger partial charge in [-0.25, -0.2) is 0 Å². The minimum absolute atomic E-state index is 0.144. The zero-order chi connectivity index (χ0) is 24.6. The minimum Gasteiger partial charge on any atom is -0.494 e. The molecule has 0 unspecified atom stereocenters. The van der Waals surface area contributed by atoms with E-state index in [1.54, 1.807) is 47.4 Å². The van der Waals surface area contributed by atoms with Crippen molar-refractivity contribution >= 4 is 46.6 Å². The Hall–Kier alpha value is -1.95. The fraction of sp³-hybridized carbons (Fsp3) is 0.440. The van der Waals surface area contributed by atoms with Gasteiger partial charge in [-0.15, -0.1) is 0 Å². The monoisotopic (exact) mass is 512 g/mol. The fourth-order valence-corrected chi connectivity index (χ4v) is 3.96. The number of carbonyl (C=O) groups excluding carboxylic acids is 2. The van der Waals surface area contributed by atoms with Crippen LogP contribution in [0.15, 0.2) is 42.5 Å². The first-order valence-corrected chi connectivity index (χ1v) is 12.1. The third-order valence-corrected chi connectivity index (χ3v) is 5.85. The number of hydrogen-bond acceptors (Lipinski definition) is 3. The highest BCUT2D eigenvalue weighted by molar-refractivity contribution is 6.36. The summed E-state index contributed by atoms with van der Waals surface area (Å²) in [4.78, 5) is 27.9. The van der Waals surface area contributed by atoms with Gasteiger partial charge >= 0.3 is 0 Å². The summed E-state index contributed by atoms with van der Waals surface area (Å²) >= 11 is 18.6. The second-order valence-electron chi connectivity index (χ2n) is 8.79. The van der Waals surface area contributed by atoms with Gasteiger partial charge in [-0.2, -0.15) is 0 Å². The Morgan fingerprint density at radius 3 is 2.18 bits per heavy atom. The van der Waals surface area contributed by atoms with E-state index in [-0.39, 0.29) is 24.8 Å². The maximum absolute atomic E-state index is 13.3.